The Bertz CT molecular complexity index is 1270. The molecule has 0 atom stereocenters. The van der Waals surface area contributed by atoms with Crippen LogP contribution in [0.5, 0.6) is 11.5 Å². The van der Waals surface area contributed by atoms with Crippen molar-refractivity contribution in [2.24, 2.45) is 4.99 Å². The van der Waals surface area contributed by atoms with E-state index in [1.54, 1.807) is 12.0 Å². The molecular weight excluding hydrogens is 536 g/mol. The predicted molar refractivity (Wildman–Crippen MR) is 152 cm³/mol. The van der Waals surface area contributed by atoms with Crippen molar-refractivity contribution >= 4 is 50.5 Å². The largest absolute Gasteiger partial charge is 0.493 e. The van der Waals surface area contributed by atoms with Crippen LogP contribution in [0.15, 0.2) is 81.1 Å². The zero-order valence-corrected chi connectivity index (χ0v) is 23.1. The molecule has 0 saturated carbocycles. The third-order valence-electron chi connectivity index (χ3n) is 5.69. The smallest absolute Gasteiger partial charge is 0.266 e. The molecule has 0 N–H and O–H groups in total. The van der Waals surface area contributed by atoms with Crippen molar-refractivity contribution in [1.29, 1.82) is 0 Å². The second kappa shape index (κ2) is 12.3. The first kappa shape index (κ1) is 26.0. The van der Waals surface area contributed by atoms with Crippen molar-refractivity contribution in [3.63, 3.8) is 0 Å². The lowest BCUT2D eigenvalue weighted by Crippen LogP contribution is -2.30. The molecule has 0 unspecified atom stereocenters. The van der Waals surface area contributed by atoms with Gasteiger partial charge < -0.3 is 9.47 Å². The fourth-order valence-electron chi connectivity index (χ4n) is 3.64. The predicted octanol–water partition coefficient (Wildman–Crippen LogP) is 7.75. The van der Waals surface area contributed by atoms with Crippen LogP contribution in [0.3, 0.4) is 0 Å². The molecule has 36 heavy (non-hydrogen) atoms. The summed E-state index contributed by atoms with van der Waals surface area (Å²) in [4.78, 5) is 20.5. The topological polar surface area (TPSA) is 51.1 Å². The molecule has 3 aromatic carbocycles. The summed E-state index contributed by atoms with van der Waals surface area (Å²) in [6.07, 6.45) is 3.80. The van der Waals surface area contributed by atoms with Crippen molar-refractivity contribution in [2.75, 3.05) is 13.7 Å². The normalized spacial score (nSPS) is 15.7. The summed E-state index contributed by atoms with van der Waals surface area (Å²) in [6.45, 7) is 5.24. The summed E-state index contributed by atoms with van der Waals surface area (Å²) in [6, 6.07) is 21.8. The molecule has 1 heterocycles. The molecule has 0 aliphatic carbocycles. The maximum absolute atomic E-state index is 13.3. The summed E-state index contributed by atoms with van der Waals surface area (Å²) >= 11 is 5.05. The standard InChI is InChI=1S/C29H29BrN2O3S/c1-4-5-15-32-28(33)27(36-29(32)31-23-13-11-20(2)12-14-23)17-22-16-25(34-3)26(18-24(22)30)35-19-21-9-7-6-8-10-21/h6-14,16-18H,4-5,15,19H2,1-3H3/b27-17+,31-29?. The Kier molecular flexibility index (Phi) is 8.88. The Balaban J connectivity index is 1.61. The molecule has 3 aromatic rings. The van der Waals surface area contributed by atoms with E-state index in [4.69, 9.17) is 14.5 Å². The highest BCUT2D eigenvalue weighted by molar-refractivity contribution is 9.10. The molecule has 4 rings (SSSR count). The van der Waals surface area contributed by atoms with Crippen LogP contribution in [-0.4, -0.2) is 29.6 Å². The first-order valence-electron chi connectivity index (χ1n) is 11.9. The third-order valence-corrected chi connectivity index (χ3v) is 7.38. The summed E-state index contributed by atoms with van der Waals surface area (Å²) < 4.78 is 12.4. The monoisotopic (exact) mass is 564 g/mol. The van der Waals surface area contributed by atoms with Gasteiger partial charge >= 0.3 is 0 Å². The number of benzene rings is 3. The van der Waals surface area contributed by atoms with Gasteiger partial charge in [0.2, 0.25) is 0 Å². The third kappa shape index (κ3) is 6.39. The molecule has 5 nitrogen and oxygen atoms in total. The number of amides is 1. The first-order chi connectivity index (χ1) is 17.5. The van der Waals surface area contributed by atoms with Crippen LogP contribution < -0.4 is 9.47 Å². The van der Waals surface area contributed by atoms with Gasteiger partial charge in [-0.05, 0) is 66.6 Å². The number of methoxy groups -OCH3 is 1. The number of rotatable bonds is 9. The van der Waals surface area contributed by atoms with E-state index in [0.717, 1.165) is 34.1 Å². The maximum Gasteiger partial charge on any atom is 0.266 e. The summed E-state index contributed by atoms with van der Waals surface area (Å²) in [5.41, 5.74) is 3.91. The fraction of sp³-hybridized carbons (Fsp3) is 0.241. The van der Waals surface area contributed by atoms with E-state index in [1.165, 1.54) is 17.3 Å². The van der Waals surface area contributed by atoms with Gasteiger partial charge in [0.1, 0.15) is 6.61 Å². The highest BCUT2D eigenvalue weighted by Crippen LogP contribution is 2.39. The Morgan fingerprint density at radius 2 is 1.81 bits per heavy atom. The number of carbonyl (C=O) groups is 1. The zero-order chi connectivity index (χ0) is 25.5. The highest BCUT2D eigenvalue weighted by Gasteiger charge is 2.33. The van der Waals surface area contributed by atoms with E-state index in [-0.39, 0.29) is 5.91 Å². The van der Waals surface area contributed by atoms with E-state index >= 15 is 0 Å². The van der Waals surface area contributed by atoms with Gasteiger partial charge in [-0.3, -0.25) is 9.69 Å². The molecule has 0 aromatic heterocycles. The Morgan fingerprint density at radius 1 is 1.06 bits per heavy atom. The lowest BCUT2D eigenvalue weighted by molar-refractivity contribution is -0.122. The average Bonchev–Trinajstić information content (AvgIpc) is 3.18. The molecule has 0 bridgehead atoms. The Morgan fingerprint density at radius 3 is 2.50 bits per heavy atom. The molecule has 0 radical (unpaired) electrons. The van der Waals surface area contributed by atoms with E-state index in [0.29, 0.717) is 34.7 Å². The lowest BCUT2D eigenvalue weighted by Gasteiger charge is -2.15. The van der Waals surface area contributed by atoms with Crippen LogP contribution in [0.1, 0.15) is 36.5 Å². The average molecular weight is 566 g/mol. The van der Waals surface area contributed by atoms with E-state index in [1.807, 2.05) is 79.7 Å². The van der Waals surface area contributed by atoms with Gasteiger partial charge in [-0.15, -0.1) is 0 Å². The van der Waals surface area contributed by atoms with Gasteiger partial charge in [0, 0.05) is 11.0 Å². The Hall–Kier alpha value is -3.03. The van der Waals surface area contributed by atoms with Gasteiger partial charge in [-0.2, -0.15) is 0 Å². The number of thioether (sulfide) groups is 1. The van der Waals surface area contributed by atoms with Crippen molar-refractivity contribution in [1.82, 2.24) is 4.90 Å². The minimum Gasteiger partial charge on any atom is -0.493 e. The van der Waals surface area contributed by atoms with Gasteiger partial charge in [0.05, 0.1) is 17.7 Å². The quantitative estimate of drug-likeness (QED) is 0.249. The number of aryl methyl sites for hydroxylation is 1. The summed E-state index contributed by atoms with van der Waals surface area (Å²) in [5, 5.41) is 0.703. The second-order valence-electron chi connectivity index (χ2n) is 8.45. The van der Waals surface area contributed by atoms with Crippen molar-refractivity contribution in [3.05, 3.63) is 92.8 Å². The van der Waals surface area contributed by atoms with Crippen LogP contribution >= 0.6 is 27.7 Å². The number of halogens is 1. The van der Waals surface area contributed by atoms with Crippen molar-refractivity contribution < 1.29 is 14.3 Å². The molecule has 1 fully saturated rings. The number of amidine groups is 1. The van der Waals surface area contributed by atoms with E-state index in [9.17, 15) is 4.79 Å². The molecule has 1 aliphatic rings. The number of ether oxygens (including phenoxy) is 2. The fourth-order valence-corrected chi connectivity index (χ4v) is 5.10. The Labute approximate surface area is 225 Å². The zero-order valence-electron chi connectivity index (χ0n) is 20.7. The number of unbranched alkanes of at least 4 members (excludes halogenated alkanes) is 1. The number of nitrogens with zero attached hydrogens (tertiary/aromatic N) is 2. The summed E-state index contributed by atoms with van der Waals surface area (Å²) in [7, 11) is 1.61. The minimum atomic E-state index is -0.0328. The van der Waals surface area contributed by atoms with Crippen LogP contribution in [0, 0.1) is 6.92 Å². The SMILES string of the molecule is CCCCN1C(=O)/C(=C\c2cc(OC)c(OCc3ccccc3)cc2Br)SC1=Nc1ccc(C)cc1. The van der Waals surface area contributed by atoms with Gasteiger partial charge in [0.25, 0.3) is 5.91 Å². The highest BCUT2D eigenvalue weighted by atomic mass is 79.9. The molecule has 186 valence electrons. The number of aliphatic imine (C=N–C) groups is 1. The van der Waals surface area contributed by atoms with Gasteiger partial charge in [0.15, 0.2) is 16.7 Å². The molecule has 1 aliphatic heterocycles. The molecular formula is C29H29BrN2O3S. The lowest BCUT2D eigenvalue weighted by atomic mass is 10.1. The van der Waals surface area contributed by atoms with E-state index in [2.05, 4.69) is 22.9 Å². The van der Waals surface area contributed by atoms with Crippen LogP contribution in [0.25, 0.3) is 6.08 Å². The first-order valence-corrected chi connectivity index (χ1v) is 13.5. The molecule has 7 heteroatoms. The van der Waals surface area contributed by atoms with Gasteiger partial charge in [-0.1, -0.05) is 77.3 Å². The minimum absolute atomic E-state index is 0.0328. The van der Waals surface area contributed by atoms with Crippen LogP contribution in [0.4, 0.5) is 5.69 Å². The van der Waals surface area contributed by atoms with Crippen molar-refractivity contribution in [3.8, 4) is 11.5 Å². The molecule has 1 amide bonds. The summed E-state index contributed by atoms with van der Waals surface area (Å²) in [5.74, 6) is 1.20. The van der Waals surface area contributed by atoms with Crippen molar-refractivity contribution in [2.45, 2.75) is 33.3 Å². The second-order valence-corrected chi connectivity index (χ2v) is 10.3. The van der Waals surface area contributed by atoms with Gasteiger partial charge in [-0.25, -0.2) is 4.99 Å². The number of carbonyl (C=O) groups excluding carboxylic acids is 1. The van der Waals surface area contributed by atoms with E-state index < -0.39 is 0 Å². The molecule has 1 saturated heterocycles. The maximum atomic E-state index is 13.3. The van der Waals surface area contributed by atoms with Crippen LogP contribution in [-0.2, 0) is 11.4 Å². The van der Waals surface area contributed by atoms with Crippen LogP contribution in [0.2, 0.25) is 0 Å². The number of hydrogen-bond acceptors (Lipinski definition) is 5. The number of hydrogen-bond donors (Lipinski definition) is 0. The molecule has 0 spiro atoms.